The van der Waals surface area contributed by atoms with Crippen molar-refractivity contribution in [1.29, 1.82) is 0 Å². The van der Waals surface area contributed by atoms with Crippen LogP contribution in [0.4, 0.5) is 0 Å². The van der Waals surface area contributed by atoms with Crippen LogP contribution in [0.3, 0.4) is 0 Å². The van der Waals surface area contributed by atoms with E-state index in [2.05, 4.69) is 10.1 Å². The van der Waals surface area contributed by atoms with E-state index in [1.165, 1.54) is 10.7 Å². The molecule has 1 aliphatic rings. The Bertz CT molecular complexity index is 1500. The summed E-state index contributed by atoms with van der Waals surface area (Å²) in [5.74, 6) is 1.24. The SMILES string of the molecule is COc1ccc2c(OCCn3nc(-c4ccc(C(=O)N5CCOCC5)c(Cl)c4)ccc3=O)ccnc2c1. The number of hydrogen-bond donors (Lipinski definition) is 0. The summed E-state index contributed by atoms with van der Waals surface area (Å²) >= 11 is 6.47. The van der Waals surface area contributed by atoms with Crippen LogP contribution in [0.15, 0.2) is 65.6 Å². The molecule has 3 heterocycles. The molecule has 1 amide bonds. The molecule has 2 aromatic heterocycles. The molecule has 0 radical (unpaired) electrons. The first-order chi connectivity index (χ1) is 18.0. The molecule has 0 atom stereocenters. The molecule has 0 aliphatic carbocycles. The van der Waals surface area contributed by atoms with Gasteiger partial charge in [-0.25, -0.2) is 4.68 Å². The standard InChI is InChI=1S/C27H25ClN4O5/c1-35-19-3-5-21-24(17-19)29-9-8-25(21)37-15-12-32-26(33)7-6-23(30-32)18-2-4-20(22(28)16-18)27(34)31-10-13-36-14-11-31/h2-9,16-17H,10-15H2,1H3. The van der Waals surface area contributed by atoms with Crippen LogP contribution in [0.5, 0.6) is 11.5 Å². The number of halogens is 1. The van der Waals surface area contributed by atoms with Gasteiger partial charge in [0.15, 0.2) is 0 Å². The molecule has 1 aliphatic heterocycles. The third kappa shape index (κ3) is 5.42. The van der Waals surface area contributed by atoms with Crippen molar-refractivity contribution in [2.24, 2.45) is 0 Å². The summed E-state index contributed by atoms with van der Waals surface area (Å²) in [7, 11) is 1.60. The first kappa shape index (κ1) is 24.7. The Kier molecular flexibility index (Phi) is 7.34. The fourth-order valence-electron chi connectivity index (χ4n) is 4.14. The van der Waals surface area contributed by atoms with Crippen molar-refractivity contribution in [1.82, 2.24) is 19.7 Å². The van der Waals surface area contributed by atoms with Gasteiger partial charge in [-0.15, -0.1) is 0 Å². The van der Waals surface area contributed by atoms with E-state index in [4.69, 9.17) is 25.8 Å². The van der Waals surface area contributed by atoms with Crippen LogP contribution in [0.1, 0.15) is 10.4 Å². The van der Waals surface area contributed by atoms with Gasteiger partial charge in [0.2, 0.25) is 0 Å². The lowest BCUT2D eigenvalue weighted by Gasteiger charge is -2.27. The van der Waals surface area contributed by atoms with E-state index in [9.17, 15) is 9.59 Å². The topological polar surface area (TPSA) is 95.8 Å². The van der Waals surface area contributed by atoms with Crippen LogP contribution in [0, 0.1) is 0 Å². The van der Waals surface area contributed by atoms with Gasteiger partial charge in [0.1, 0.15) is 18.1 Å². The van der Waals surface area contributed by atoms with Gasteiger partial charge in [-0.05, 0) is 36.4 Å². The average Bonchev–Trinajstić information content (AvgIpc) is 2.94. The summed E-state index contributed by atoms with van der Waals surface area (Å²) in [4.78, 5) is 31.4. The zero-order valence-corrected chi connectivity index (χ0v) is 21.0. The lowest BCUT2D eigenvalue weighted by atomic mass is 10.1. The molecule has 2 aromatic carbocycles. The van der Waals surface area contributed by atoms with Crippen LogP contribution >= 0.6 is 11.6 Å². The van der Waals surface area contributed by atoms with E-state index >= 15 is 0 Å². The average molecular weight is 521 g/mol. The Morgan fingerprint density at radius 2 is 1.92 bits per heavy atom. The summed E-state index contributed by atoms with van der Waals surface area (Å²) in [6.45, 7) is 2.58. The minimum atomic E-state index is -0.248. The maximum atomic E-state index is 12.8. The number of hydrogen-bond acceptors (Lipinski definition) is 7. The Morgan fingerprint density at radius 1 is 1.08 bits per heavy atom. The number of amides is 1. The molecule has 0 unspecified atom stereocenters. The number of morpholine rings is 1. The number of rotatable bonds is 7. The quantitative estimate of drug-likeness (QED) is 0.367. The van der Waals surface area contributed by atoms with E-state index in [0.29, 0.717) is 59.6 Å². The number of carbonyl (C=O) groups is 1. The number of methoxy groups -OCH3 is 1. The fraction of sp³-hybridized carbons (Fsp3) is 0.259. The number of pyridine rings is 1. The van der Waals surface area contributed by atoms with E-state index in [1.54, 1.807) is 48.5 Å². The molecule has 5 rings (SSSR count). The first-order valence-corrected chi connectivity index (χ1v) is 12.2. The third-order valence-corrected chi connectivity index (χ3v) is 6.44. The van der Waals surface area contributed by atoms with Gasteiger partial charge in [-0.2, -0.15) is 5.10 Å². The molecule has 0 saturated carbocycles. The summed E-state index contributed by atoms with van der Waals surface area (Å²) < 4.78 is 17.9. The first-order valence-electron chi connectivity index (χ1n) is 11.8. The highest BCUT2D eigenvalue weighted by Crippen LogP contribution is 2.27. The van der Waals surface area contributed by atoms with E-state index in [1.807, 2.05) is 18.2 Å². The summed E-state index contributed by atoms with van der Waals surface area (Å²) in [5.41, 5.74) is 2.19. The molecule has 37 heavy (non-hydrogen) atoms. The largest absolute Gasteiger partial charge is 0.497 e. The van der Waals surface area contributed by atoms with Crippen molar-refractivity contribution in [3.05, 3.63) is 81.7 Å². The van der Waals surface area contributed by atoms with Crippen LogP contribution < -0.4 is 15.0 Å². The van der Waals surface area contributed by atoms with Crippen molar-refractivity contribution >= 4 is 28.4 Å². The van der Waals surface area contributed by atoms with Crippen molar-refractivity contribution in [2.45, 2.75) is 6.54 Å². The summed E-state index contributed by atoms with van der Waals surface area (Å²) in [5, 5.41) is 5.67. The number of carbonyl (C=O) groups excluding carboxylic acids is 1. The van der Waals surface area contributed by atoms with E-state index in [-0.39, 0.29) is 24.6 Å². The molecule has 1 saturated heterocycles. The molecule has 0 bridgehead atoms. The summed E-state index contributed by atoms with van der Waals surface area (Å²) in [6.07, 6.45) is 1.67. The molecule has 10 heteroatoms. The molecular weight excluding hydrogens is 496 g/mol. The lowest BCUT2D eigenvalue weighted by Crippen LogP contribution is -2.40. The maximum absolute atomic E-state index is 12.8. The van der Waals surface area contributed by atoms with Crippen molar-refractivity contribution < 1.29 is 19.0 Å². The van der Waals surface area contributed by atoms with Gasteiger partial charge < -0.3 is 19.1 Å². The second-order valence-corrected chi connectivity index (χ2v) is 8.83. The molecule has 9 nitrogen and oxygen atoms in total. The molecule has 190 valence electrons. The van der Waals surface area contributed by atoms with Crippen molar-refractivity contribution in [3.8, 4) is 22.8 Å². The van der Waals surface area contributed by atoms with E-state index < -0.39 is 0 Å². The lowest BCUT2D eigenvalue weighted by molar-refractivity contribution is 0.0303. The van der Waals surface area contributed by atoms with Crippen molar-refractivity contribution in [2.75, 3.05) is 40.0 Å². The van der Waals surface area contributed by atoms with Crippen LogP contribution in [0.25, 0.3) is 22.2 Å². The third-order valence-electron chi connectivity index (χ3n) is 6.13. The number of aromatic nitrogens is 3. The van der Waals surface area contributed by atoms with E-state index in [0.717, 1.165) is 10.9 Å². The molecule has 4 aromatic rings. The van der Waals surface area contributed by atoms with Gasteiger partial charge in [-0.1, -0.05) is 17.7 Å². The maximum Gasteiger partial charge on any atom is 0.266 e. The second kappa shape index (κ2) is 11.0. The van der Waals surface area contributed by atoms with Gasteiger partial charge in [0, 0.05) is 42.4 Å². The highest BCUT2D eigenvalue weighted by molar-refractivity contribution is 6.34. The van der Waals surface area contributed by atoms with Crippen LogP contribution in [0.2, 0.25) is 5.02 Å². The Labute approximate surface area is 218 Å². The zero-order chi connectivity index (χ0) is 25.8. The highest BCUT2D eigenvalue weighted by atomic mass is 35.5. The van der Waals surface area contributed by atoms with Gasteiger partial charge in [-0.3, -0.25) is 14.6 Å². The van der Waals surface area contributed by atoms with Gasteiger partial charge in [0.25, 0.3) is 11.5 Å². The molecule has 0 spiro atoms. The predicted molar refractivity (Wildman–Crippen MR) is 139 cm³/mol. The predicted octanol–water partition coefficient (Wildman–Crippen LogP) is 3.67. The minimum Gasteiger partial charge on any atom is -0.497 e. The van der Waals surface area contributed by atoms with Gasteiger partial charge >= 0.3 is 0 Å². The number of benzene rings is 2. The van der Waals surface area contributed by atoms with Gasteiger partial charge in [0.05, 0.1) is 48.7 Å². The molecular formula is C27H25ClN4O5. The van der Waals surface area contributed by atoms with Crippen LogP contribution in [-0.2, 0) is 11.3 Å². The second-order valence-electron chi connectivity index (χ2n) is 8.42. The Morgan fingerprint density at radius 3 is 2.70 bits per heavy atom. The smallest absolute Gasteiger partial charge is 0.266 e. The van der Waals surface area contributed by atoms with Crippen LogP contribution in [-0.4, -0.2) is 65.6 Å². The monoisotopic (exact) mass is 520 g/mol. The minimum absolute atomic E-state index is 0.128. The summed E-state index contributed by atoms with van der Waals surface area (Å²) in [6, 6.07) is 15.6. The number of nitrogens with zero attached hydrogens (tertiary/aromatic N) is 4. The highest BCUT2D eigenvalue weighted by Gasteiger charge is 2.21. The molecule has 0 N–H and O–H groups in total. The van der Waals surface area contributed by atoms with Crippen molar-refractivity contribution in [3.63, 3.8) is 0 Å². The normalized spacial score (nSPS) is 13.5. The Hall–Kier alpha value is -3.95. The molecule has 1 fully saturated rings. The fourth-order valence-corrected chi connectivity index (χ4v) is 4.41. The number of ether oxygens (including phenoxy) is 3. The Balaban J connectivity index is 1.30. The zero-order valence-electron chi connectivity index (χ0n) is 20.2. The number of fused-ring (bicyclic) bond motifs is 1.